The molecule has 0 aliphatic rings. The van der Waals surface area contributed by atoms with E-state index in [2.05, 4.69) is 0 Å². The highest BCUT2D eigenvalue weighted by Gasteiger charge is 2.01. The van der Waals surface area contributed by atoms with Crippen LogP contribution in [0.5, 0.6) is 5.75 Å². The lowest BCUT2D eigenvalue weighted by Gasteiger charge is -2.02. The Morgan fingerprint density at radius 2 is 2.33 bits per heavy atom. The van der Waals surface area contributed by atoms with Crippen molar-refractivity contribution in [3.63, 3.8) is 0 Å². The molecule has 0 spiro atoms. The Morgan fingerprint density at radius 3 is 2.87 bits per heavy atom. The first-order chi connectivity index (χ1) is 7.17. The van der Waals surface area contributed by atoms with Gasteiger partial charge in [0.05, 0.1) is 12.7 Å². The molecular formula is C11H9NO3. The van der Waals surface area contributed by atoms with Gasteiger partial charge in [0.1, 0.15) is 11.8 Å². The van der Waals surface area contributed by atoms with E-state index in [-0.39, 0.29) is 0 Å². The van der Waals surface area contributed by atoms with Crippen molar-refractivity contribution in [3.8, 4) is 11.8 Å². The van der Waals surface area contributed by atoms with Crippen molar-refractivity contribution in [2.45, 2.75) is 0 Å². The van der Waals surface area contributed by atoms with E-state index in [0.29, 0.717) is 16.9 Å². The molecule has 15 heavy (non-hydrogen) atoms. The zero-order valence-electron chi connectivity index (χ0n) is 8.10. The monoisotopic (exact) mass is 203 g/mol. The van der Waals surface area contributed by atoms with Crippen molar-refractivity contribution in [1.29, 1.82) is 5.26 Å². The van der Waals surface area contributed by atoms with Gasteiger partial charge >= 0.3 is 5.97 Å². The number of rotatable bonds is 3. The summed E-state index contributed by atoms with van der Waals surface area (Å²) in [5, 5.41) is 17.2. The Morgan fingerprint density at radius 1 is 1.60 bits per heavy atom. The van der Waals surface area contributed by atoms with Gasteiger partial charge in [-0.3, -0.25) is 0 Å². The second-order valence-corrected chi connectivity index (χ2v) is 2.74. The number of aliphatic carboxylic acids is 1. The lowest BCUT2D eigenvalue weighted by Crippen LogP contribution is -1.89. The van der Waals surface area contributed by atoms with Crippen LogP contribution in [0.1, 0.15) is 11.1 Å². The number of benzene rings is 1. The van der Waals surface area contributed by atoms with E-state index >= 15 is 0 Å². The molecule has 0 aromatic heterocycles. The number of hydrogen-bond acceptors (Lipinski definition) is 3. The summed E-state index contributed by atoms with van der Waals surface area (Å²) >= 11 is 0. The first kappa shape index (κ1) is 10.8. The van der Waals surface area contributed by atoms with Gasteiger partial charge < -0.3 is 9.84 Å². The average Bonchev–Trinajstić information content (AvgIpc) is 2.25. The Hall–Kier alpha value is -2.28. The summed E-state index contributed by atoms with van der Waals surface area (Å²) in [4.78, 5) is 10.3. The second kappa shape index (κ2) is 4.82. The summed E-state index contributed by atoms with van der Waals surface area (Å²) in [6.45, 7) is 0. The maximum atomic E-state index is 10.3. The summed E-state index contributed by atoms with van der Waals surface area (Å²) in [7, 11) is 1.48. The molecule has 1 N–H and O–H groups in total. The minimum Gasteiger partial charge on any atom is -0.495 e. The molecule has 0 bridgehead atoms. The Kier molecular flexibility index (Phi) is 3.47. The highest BCUT2D eigenvalue weighted by Crippen LogP contribution is 2.19. The first-order valence-corrected chi connectivity index (χ1v) is 4.16. The molecule has 0 unspecified atom stereocenters. The van der Waals surface area contributed by atoms with Crippen molar-refractivity contribution in [1.82, 2.24) is 0 Å². The number of carbonyl (C=O) groups is 1. The SMILES string of the molecule is COc1ccc(/C=C/C(=O)O)cc1C#N. The molecule has 76 valence electrons. The van der Waals surface area contributed by atoms with E-state index < -0.39 is 5.97 Å². The van der Waals surface area contributed by atoms with Crippen LogP contribution in [0.2, 0.25) is 0 Å². The fourth-order valence-corrected chi connectivity index (χ4v) is 1.08. The van der Waals surface area contributed by atoms with E-state index in [1.165, 1.54) is 13.2 Å². The Balaban J connectivity index is 3.04. The predicted molar refractivity (Wildman–Crippen MR) is 54.4 cm³/mol. The predicted octanol–water partition coefficient (Wildman–Crippen LogP) is 1.66. The maximum absolute atomic E-state index is 10.3. The van der Waals surface area contributed by atoms with Crippen LogP contribution in [0.4, 0.5) is 0 Å². The van der Waals surface area contributed by atoms with Gasteiger partial charge in [0, 0.05) is 6.08 Å². The molecule has 0 amide bonds. The molecule has 0 atom stereocenters. The number of ether oxygens (including phenoxy) is 1. The molecule has 0 saturated carbocycles. The Labute approximate surface area is 87.0 Å². The zero-order chi connectivity index (χ0) is 11.3. The van der Waals surface area contributed by atoms with E-state index in [1.807, 2.05) is 6.07 Å². The van der Waals surface area contributed by atoms with Crippen LogP contribution in [0.25, 0.3) is 6.08 Å². The van der Waals surface area contributed by atoms with Gasteiger partial charge in [0.25, 0.3) is 0 Å². The summed E-state index contributed by atoms with van der Waals surface area (Å²) in [6.07, 6.45) is 2.44. The van der Waals surface area contributed by atoms with Crippen LogP contribution < -0.4 is 4.74 Å². The van der Waals surface area contributed by atoms with Gasteiger partial charge in [-0.25, -0.2) is 4.79 Å². The molecule has 4 nitrogen and oxygen atoms in total. The topological polar surface area (TPSA) is 70.3 Å². The molecule has 1 aromatic carbocycles. The third-order valence-electron chi connectivity index (χ3n) is 1.76. The van der Waals surface area contributed by atoms with E-state index in [9.17, 15) is 4.79 Å². The van der Waals surface area contributed by atoms with Gasteiger partial charge in [-0.05, 0) is 23.8 Å². The standard InChI is InChI=1S/C11H9NO3/c1-15-10-4-2-8(3-5-11(13)14)6-9(10)7-12/h2-6H,1H3,(H,13,14)/b5-3+. The molecular weight excluding hydrogens is 194 g/mol. The number of carboxylic acid groups (broad SMARTS) is 1. The van der Waals surface area contributed by atoms with Crippen LogP contribution in [0.3, 0.4) is 0 Å². The number of nitriles is 1. The van der Waals surface area contributed by atoms with Gasteiger partial charge in [0.15, 0.2) is 0 Å². The lowest BCUT2D eigenvalue weighted by molar-refractivity contribution is -0.131. The first-order valence-electron chi connectivity index (χ1n) is 4.16. The molecule has 1 rings (SSSR count). The van der Waals surface area contributed by atoms with Gasteiger partial charge in [-0.2, -0.15) is 5.26 Å². The smallest absolute Gasteiger partial charge is 0.328 e. The molecule has 0 heterocycles. The van der Waals surface area contributed by atoms with Crippen molar-refractivity contribution < 1.29 is 14.6 Å². The summed E-state index contributed by atoms with van der Waals surface area (Å²) in [6, 6.07) is 6.84. The minimum absolute atomic E-state index is 0.380. The second-order valence-electron chi connectivity index (χ2n) is 2.74. The largest absolute Gasteiger partial charge is 0.495 e. The Bertz CT molecular complexity index is 444. The third-order valence-corrected chi connectivity index (χ3v) is 1.76. The maximum Gasteiger partial charge on any atom is 0.328 e. The molecule has 1 aromatic rings. The van der Waals surface area contributed by atoms with Gasteiger partial charge in [-0.1, -0.05) is 6.07 Å². The fourth-order valence-electron chi connectivity index (χ4n) is 1.08. The van der Waals surface area contributed by atoms with Crippen LogP contribution in [0, 0.1) is 11.3 Å². The molecule has 0 radical (unpaired) electrons. The van der Waals surface area contributed by atoms with Crippen molar-refractivity contribution in [2.24, 2.45) is 0 Å². The normalized spacial score (nSPS) is 9.87. The highest BCUT2D eigenvalue weighted by atomic mass is 16.5. The molecule has 0 fully saturated rings. The average molecular weight is 203 g/mol. The molecule has 0 aliphatic heterocycles. The van der Waals surface area contributed by atoms with Gasteiger partial charge in [0.2, 0.25) is 0 Å². The summed E-state index contributed by atoms with van der Waals surface area (Å²) in [5.41, 5.74) is 1.03. The van der Waals surface area contributed by atoms with Gasteiger partial charge in [-0.15, -0.1) is 0 Å². The van der Waals surface area contributed by atoms with Crippen molar-refractivity contribution in [2.75, 3.05) is 7.11 Å². The van der Waals surface area contributed by atoms with E-state index in [1.54, 1.807) is 18.2 Å². The lowest BCUT2D eigenvalue weighted by atomic mass is 10.1. The summed E-state index contributed by atoms with van der Waals surface area (Å²) in [5.74, 6) is -0.547. The van der Waals surface area contributed by atoms with Crippen molar-refractivity contribution in [3.05, 3.63) is 35.4 Å². The highest BCUT2D eigenvalue weighted by molar-refractivity contribution is 5.85. The van der Waals surface area contributed by atoms with Crippen molar-refractivity contribution >= 4 is 12.0 Å². The molecule has 0 aliphatic carbocycles. The number of hydrogen-bond donors (Lipinski definition) is 1. The zero-order valence-corrected chi connectivity index (χ0v) is 8.10. The van der Waals surface area contributed by atoms with E-state index in [0.717, 1.165) is 6.08 Å². The van der Waals surface area contributed by atoms with Crippen LogP contribution >= 0.6 is 0 Å². The van der Waals surface area contributed by atoms with Crippen LogP contribution in [0.15, 0.2) is 24.3 Å². The minimum atomic E-state index is -1.02. The third kappa shape index (κ3) is 2.85. The number of carboxylic acids is 1. The molecule has 4 heteroatoms. The number of nitrogens with zero attached hydrogens (tertiary/aromatic N) is 1. The van der Waals surface area contributed by atoms with Crippen LogP contribution in [-0.2, 0) is 4.79 Å². The van der Waals surface area contributed by atoms with Crippen LogP contribution in [-0.4, -0.2) is 18.2 Å². The quantitative estimate of drug-likeness (QED) is 0.758. The fraction of sp³-hybridized carbons (Fsp3) is 0.0909. The number of methoxy groups -OCH3 is 1. The van der Waals surface area contributed by atoms with E-state index in [4.69, 9.17) is 15.1 Å². The summed E-state index contributed by atoms with van der Waals surface area (Å²) < 4.78 is 4.95. The molecule has 0 saturated heterocycles.